The number of aryl methyl sites for hydroxylation is 1. The molecule has 0 spiro atoms. The predicted octanol–water partition coefficient (Wildman–Crippen LogP) is 3.66. The van der Waals surface area contributed by atoms with Gasteiger partial charge in [-0.2, -0.15) is 10.2 Å². The summed E-state index contributed by atoms with van der Waals surface area (Å²) in [5, 5.41) is 7.76. The van der Waals surface area contributed by atoms with Crippen molar-refractivity contribution in [2.24, 2.45) is 5.92 Å². The summed E-state index contributed by atoms with van der Waals surface area (Å²) in [7, 11) is 0. The maximum absolute atomic E-state index is 12.2. The van der Waals surface area contributed by atoms with E-state index in [1.165, 1.54) is 0 Å². The van der Waals surface area contributed by atoms with E-state index in [0.29, 0.717) is 24.9 Å². The monoisotopic (exact) mass is 399 g/mol. The van der Waals surface area contributed by atoms with Gasteiger partial charge in [0.1, 0.15) is 11.7 Å². The molecule has 1 atom stereocenters. The van der Waals surface area contributed by atoms with E-state index in [1.807, 2.05) is 34.6 Å². The van der Waals surface area contributed by atoms with Crippen LogP contribution in [0.4, 0.5) is 4.79 Å². The van der Waals surface area contributed by atoms with E-state index in [9.17, 15) is 4.79 Å². The molecule has 1 aliphatic heterocycles. The first-order valence-corrected chi connectivity index (χ1v) is 9.97. The Hall–Kier alpha value is -2.77. The Labute approximate surface area is 171 Å². The summed E-state index contributed by atoms with van der Waals surface area (Å²) >= 11 is 0. The van der Waals surface area contributed by atoms with Gasteiger partial charge in [-0.25, -0.2) is 14.8 Å². The van der Waals surface area contributed by atoms with Crippen molar-refractivity contribution in [2.75, 3.05) is 13.1 Å². The van der Waals surface area contributed by atoms with Crippen LogP contribution in [-0.2, 0) is 4.74 Å². The van der Waals surface area contributed by atoms with E-state index in [4.69, 9.17) is 9.47 Å². The number of rotatable bonds is 4. The molecule has 1 saturated heterocycles. The minimum Gasteiger partial charge on any atom is -0.473 e. The number of likely N-dealkylation sites (tertiary alicyclic amines) is 1. The zero-order valence-electron chi connectivity index (χ0n) is 17.8. The molecule has 0 aliphatic carbocycles. The van der Waals surface area contributed by atoms with Crippen molar-refractivity contribution < 1.29 is 14.3 Å². The second-order valence-corrected chi connectivity index (χ2v) is 8.45. The molecule has 3 rings (SSSR count). The molecule has 0 N–H and O–H groups in total. The quantitative estimate of drug-likeness (QED) is 0.775. The van der Waals surface area contributed by atoms with Crippen LogP contribution in [0.25, 0.3) is 11.3 Å². The summed E-state index contributed by atoms with van der Waals surface area (Å²) in [4.78, 5) is 22.8. The van der Waals surface area contributed by atoms with Gasteiger partial charge in [-0.15, -0.1) is 0 Å². The molecule has 156 valence electrons. The summed E-state index contributed by atoms with van der Waals surface area (Å²) in [5.41, 5.74) is 2.16. The van der Waals surface area contributed by atoms with Gasteiger partial charge in [-0.1, -0.05) is 0 Å². The first kappa shape index (κ1) is 21.0. The summed E-state index contributed by atoms with van der Waals surface area (Å²) in [6.07, 6.45) is 8.20. The van der Waals surface area contributed by atoms with Crippen LogP contribution in [-0.4, -0.2) is 56.0 Å². The highest BCUT2D eigenvalue weighted by Crippen LogP contribution is 2.25. The van der Waals surface area contributed by atoms with Crippen LogP contribution in [0.1, 0.15) is 46.1 Å². The number of ether oxygens (including phenoxy) is 2. The summed E-state index contributed by atoms with van der Waals surface area (Å²) < 4.78 is 11.5. The third-order valence-electron chi connectivity index (χ3n) is 5.00. The second kappa shape index (κ2) is 8.71. The molecular formula is C21H29N5O3. The fraction of sp³-hybridized carbons (Fsp3) is 0.571. The maximum Gasteiger partial charge on any atom is 0.410 e. The molecule has 8 nitrogen and oxygen atoms in total. The van der Waals surface area contributed by atoms with Gasteiger partial charge in [0, 0.05) is 18.7 Å². The van der Waals surface area contributed by atoms with E-state index in [-0.39, 0.29) is 12.2 Å². The lowest BCUT2D eigenvalue weighted by Gasteiger charge is -2.35. The number of aromatic nitrogens is 4. The smallest absolute Gasteiger partial charge is 0.410 e. The molecule has 0 saturated carbocycles. The highest BCUT2D eigenvalue weighted by Gasteiger charge is 2.30. The number of hydrogen-bond acceptors (Lipinski definition) is 7. The van der Waals surface area contributed by atoms with E-state index < -0.39 is 5.60 Å². The number of piperidine rings is 1. The number of carbonyl (C=O) groups is 1. The van der Waals surface area contributed by atoms with Crippen molar-refractivity contribution >= 4 is 6.09 Å². The van der Waals surface area contributed by atoms with E-state index in [1.54, 1.807) is 29.7 Å². The van der Waals surface area contributed by atoms with Gasteiger partial charge < -0.3 is 14.4 Å². The van der Waals surface area contributed by atoms with Gasteiger partial charge in [0.2, 0.25) is 5.88 Å². The van der Waals surface area contributed by atoms with Crippen molar-refractivity contribution in [3.8, 4) is 17.1 Å². The fourth-order valence-corrected chi connectivity index (χ4v) is 3.33. The SMILES string of the molecule is Cc1cnncc1-c1cnc(O[C@@H](C)C2CCN(C(=O)OC(C)(C)C)CC2)cn1. The average molecular weight is 399 g/mol. The average Bonchev–Trinajstić information content (AvgIpc) is 2.68. The number of nitrogens with zero attached hydrogens (tertiary/aromatic N) is 5. The topological polar surface area (TPSA) is 90.3 Å². The van der Waals surface area contributed by atoms with Crippen LogP contribution >= 0.6 is 0 Å². The largest absolute Gasteiger partial charge is 0.473 e. The van der Waals surface area contributed by atoms with Crippen molar-refractivity contribution in [1.29, 1.82) is 0 Å². The molecule has 1 aliphatic rings. The number of hydrogen-bond donors (Lipinski definition) is 0. The van der Waals surface area contributed by atoms with Gasteiger partial charge in [0.05, 0.1) is 30.5 Å². The Morgan fingerprint density at radius 3 is 2.38 bits per heavy atom. The first-order chi connectivity index (χ1) is 13.7. The molecule has 2 aromatic heterocycles. The van der Waals surface area contributed by atoms with E-state index in [2.05, 4.69) is 20.2 Å². The highest BCUT2D eigenvalue weighted by molar-refractivity contribution is 5.68. The first-order valence-electron chi connectivity index (χ1n) is 9.97. The lowest BCUT2D eigenvalue weighted by molar-refractivity contribution is 0.0118. The zero-order valence-corrected chi connectivity index (χ0v) is 17.8. The van der Waals surface area contributed by atoms with Crippen LogP contribution in [0, 0.1) is 12.8 Å². The van der Waals surface area contributed by atoms with Gasteiger partial charge in [-0.05, 0) is 58.9 Å². The molecule has 0 aromatic carbocycles. The minimum absolute atomic E-state index is 0.0136. The van der Waals surface area contributed by atoms with Crippen molar-refractivity contribution in [2.45, 2.75) is 59.2 Å². The molecule has 1 amide bonds. The van der Waals surface area contributed by atoms with Gasteiger partial charge in [0.15, 0.2) is 0 Å². The van der Waals surface area contributed by atoms with Crippen LogP contribution in [0.15, 0.2) is 24.8 Å². The maximum atomic E-state index is 12.2. The van der Waals surface area contributed by atoms with Crippen LogP contribution in [0.2, 0.25) is 0 Å². The lowest BCUT2D eigenvalue weighted by Crippen LogP contribution is -2.44. The molecule has 29 heavy (non-hydrogen) atoms. The van der Waals surface area contributed by atoms with E-state index >= 15 is 0 Å². The van der Waals surface area contributed by atoms with Gasteiger partial charge in [-0.3, -0.25) is 0 Å². The second-order valence-electron chi connectivity index (χ2n) is 8.45. The molecular weight excluding hydrogens is 370 g/mol. The summed E-state index contributed by atoms with van der Waals surface area (Å²) in [6.45, 7) is 11.0. The minimum atomic E-state index is -0.472. The molecule has 8 heteroatoms. The van der Waals surface area contributed by atoms with Crippen LogP contribution in [0.3, 0.4) is 0 Å². The molecule has 0 unspecified atom stereocenters. The van der Waals surface area contributed by atoms with Gasteiger partial charge in [0.25, 0.3) is 0 Å². The number of amides is 1. The van der Waals surface area contributed by atoms with Crippen molar-refractivity contribution in [3.05, 3.63) is 30.4 Å². The Balaban J connectivity index is 1.53. The Kier molecular flexibility index (Phi) is 6.30. The Morgan fingerprint density at radius 1 is 1.10 bits per heavy atom. The Bertz CT molecular complexity index is 827. The standard InChI is InChI=1S/C21H29N5O3/c1-14-10-24-25-11-17(14)18-12-23-19(13-22-18)28-15(2)16-6-8-26(9-7-16)20(27)29-21(3,4)5/h10-13,15-16H,6-9H2,1-5H3/t15-/m0/s1. The molecule has 0 radical (unpaired) electrons. The lowest BCUT2D eigenvalue weighted by atomic mass is 9.92. The zero-order chi connectivity index (χ0) is 21.0. The fourth-order valence-electron chi connectivity index (χ4n) is 3.33. The normalized spacial score (nSPS) is 16.4. The highest BCUT2D eigenvalue weighted by atomic mass is 16.6. The molecule has 3 heterocycles. The van der Waals surface area contributed by atoms with Crippen molar-refractivity contribution in [1.82, 2.24) is 25.1 Å². The summed E-state index contributed by atoms with van der Waals surface area (Å²) in [5.74, 6) is 0.845. The third kappa shape index (κ3) is 5.62. The third-order valence-corrected chi connectivity index (χ3v) is 5.00. The van der Waals surface area contributed by atoms with Gasteiger partial charge >= 0.3 is 6.09 Å². The van der Waals surface area contributed by atoms with Crippen LogP contribution in [0.5, 0.6) is 5.88 Å². The molecule has 2 aromatic rings. The number of carbonyl (C=O) groups excluding carboxylic acids is 1. The Morgan fingerprint density at radius 2 is 1.79 bits per heavy atom. The van der Waals surface area contributed by atoms with Crippen LogP contribution < -0.4 is 4.74 Å². The van der Waals surface area contributed by atoms with E-state index in [0.717, 1.165) is 29.7 Å². The predicted molar refractivity (Wildman–Crippen MR) is 108 cm³/mol. The molecule has 0 bridgehead atoms. The summed E-state index contributed by atoms with van der Waals surface area (Å²) in [6, 6.07) is 0. The van der Waals surface area contributed by atoms with Crippen molar-refractivity contribution in [3.63, 3.8) is 0 Å². The molecule has 1 fully saturated rings.